The summed E-state index contributed by atoms with van der Waals surface area (Å²) in [5.74, 6) is 0.578. The Morgan fingerprint density at radius 1 is 1.45 bits per heavy atom. The van der Waals surface area contributed by atoms with Crippen LogP contribution in [0.1, 0.15) is 32.6 Å². The molecule has 0 aromatic heterocycles. The molecule has 2 nitrogen and oxygen atoms in total. The Balaban J connectivity index is 2.12. The van der Waals surface area contributed by atoms with E-state index in [9.17, 15) is 5.11 Å². The predicted octanol–water partition coefficient (Wildman–Crippen LogP) is 1.15. The molecule has 0 aliphatic heterocycles. The normalized spacial score (nSPS) is 22.4. The average Bonchev–Trinajstić information content (AvgIpc) is 2.52. The summed E-state index contributed by atoms with van der Waals surface area (Å²) in [6, 6.07) is 0. The van der Waals surface area contributed by atoms with Crippen LogP contribution >= 0.6 is 0 Å². The first-order valence-corrected chi connectivity index (χ1v) is 4.73. The molecule has 0 aromatic rings. The molecule has 11 heavy (non-hydrogen) atoms. The lowest BCUT2D eigenvalue weighted by Gasteiger charge is -2.17. The summed E-state index contributed by atoms with van der Waals surface area (Å²) in [4.78, 5) is 0. The number of aliphatic hydroxyl groups excluding tert-OH is 1. The van der Waals surface area contributed by atoms with E-state index in [-0.39, 0.29) is 6.10 Å². The van der Waals surface area contributed by atoms with E-state index in [1.807, 2.05) is 0 Å². The molecule has 0 spiro atoms. The van der Waals surface area contributed by atoms with Gasteiger partial charge in [0.2, 0.25) is 0 Å². The highest BCUT2D eigenvalue weighted by Gasteiger charge is 2.22. The molecule has 1 unspecified atom stereocenters. The van der Waals surface area contributed by atoms with Gasteiger partial charge < -0.3 is 10.4 Å². The van der Waals surface area contributed by atoms with Gasteiger partial charge in [0.25, 0.3) is 0 Å². The summed E-state index contributed by atoms with van der Waals surface area (Å²) in [7, 11) is 0. The van der Waals surface area contributed by atoms with Crippen LogP contribution < -0.4 is 5.32 Å². The molecule has 66 valence electrons. The molecule has 1 atom stereocenters. The number of hydrogen-bond acceptors (Lipinski definition) is 2. The van der Waals surface area contributed by atoms with Gasteiger partial charge in [-0.25, -0.2) is 0 Å². The molecule has 2 heteroatoms. The number of hydrogen-bond donors (Lipinski definition) is 2. The largest absolute Gasteiger partial charge is 0.392 e. The van der Waals surface area contributed by atoms with Gasteiger partial charge in [-0.3, -0.25) is 0 Å². The minimum absolute atomic E-state index is 0.0996. The van der Waals surface area contributed by atoms with Crippen LogP contribution in [-0.2, 0) is 0 Å². The second kappa shape index (κ2) is 4.73. The van der Waals surface area contributed by atoms with E-state index in [1.54, 1.807) is 0 Å². The number of rotatable bonds is 4. The first-order chi connectivity index (χ1) is 5.34. The van der Waals surface area contributed by atoms with Crippen LogP contribution in [0, 0.1) is 5.92 Å². The van der Waals surface area contributed by atoms with E-state index >= 15 is 0 Å². The van der Waals surface area contributed by atoms with Crippen molar-refractivity contribution in [3.8, 4) is 0 Å². The van der Waals surface area contributed by atoms with Crippen LogP contribution in [0.15, 0.2) is 0 Å². The Morgan fingerprint density at radius 2 is 2.09 bits per heavy atom. The molecule has 2 N–H and O–H groups in total. The highest BCUT2D eigenvalue weighted by molar-refractivity contribution is 4.75. The maximum absolute atomic E-state index is 9.62. The van der Waals surface area contributed by atoms with Crippen LogP contribution in [-0.4, -0.2) is 24.3 Å². The molecule has 0 aromatic carbocycles. The topological polar surface area (TPSA) is 32.3 Å². The molecule has 0 heterocycles. The fourth-order valence-electron chi connectivity index (χ4n) is 1.80. The van der Waals surface area contributed by atoms with E-state index in [1.165, 1.54) is 25.7 Å². The van der Waals surface area contributed by atoms with Crippen molar-refractivity contribution in [1.29, 1.82) is 0 Å². The van der Waals surface area contributed by atoms with Crippen molar-refractivity contribution < 1.29 is 5.11 Å². The lowest BCUT2D eigenvalue weighted by Crippen LogP contribution is -2.31. The van der Waals surface area contributed by atoms with Crippen molar-refractivity contribution in [2.24, 2.45) is 5.92 Å². The van der Waals surface area contributed by atoms with E-state index < -0.39 is 0 Å². The van der Waals surface area contributed by atoms with E-state index in [2.05, 4.69) is 12.2 Å². The molecular weight excluding hydrogens is 138 g/mol. The maximum Gasteiger partial charge on any atom is 0.0692 e. The third-order valence-corrected chi connectivity index (χ3v) is 2.55. The third-order valence-electron chi connectivity index (χ3n) is 2.55. The van der Waals surface area contributed by atoms with Crippen LogP contribution in [0.5, 0.6) is 0 Å². The first-order valence-electron chi connectivity index (χ1n) is 4.73. The number of aliphatic hydroxyl groups is 1. The Bertz CT molecular complexity index is 99.7. The summed E-state index contributed by atoms with van der Waals surface area (Å²) < 4.78 is 0. The molecule has 1 saturated carbocycles. The number of likely N-dealkylation sites (N-methyl/N-ethyl adjacent to an activating group) is 1. The third kappa shape index (κ3) is 2.80. The van der Waals surface area contributed by atoms with Crippen molar-refractivity contribution in [2.45, 2.75) is 38.7 Å². The molecule has 0 amide bonds. The van der Waals surface area contributed by atoms with Gasteiger partial charge in [0.1, 0.15) is 0 Å². The first kappa shape index (κ1) is 9.01. The fraction of sp³-hybridized carbons (Fsp3) is 1.00. The average molecular weight is 157 g/mol. The summed E-state index contributed by atoms with van der Waals surface area (Å²) in [6.45, 7) is 3.81. The van der Waals surface area contributed by atoms with Crippen molar-refractivity contribution in [3.63, 3.8) is 0 Å². The fourth-order valence-corrected chi connectivity index (χ4v) is 1.80. The van der Waals surface area contributed by atoms with Gasteiger partial charge in [-0.2, -0.15) is 0 Å². The van der Waals surface area contributed by atoms with Gasteiger partial charge in [0, 0.05) is 6.54 Å². The van der Waals surface area contributed by atoms with Gasteiger partial charge in [-0.15, -0.1) is 0 Å². The van der Waals surface area contributed by atoms with Crippen LogP contribution in [0.2, 0.25) is 0 Å². The van der Waals surface area contributed by atoms with E-state index in [0.29, 0.717) is 5.92 Å². The molecule has 1 rings (SSSR count). The number of nitrogens with one attached hydrogen (secondary N) is 1. The van der Waals surface area contributed by atoms with Gasteiger partial charge in [0.15, 0.2) is 0 Å². The monoisotopic (exact) mass is 157 g/mol. The SMILES string of the molecule is CCNCC(O)C1CCCC1. The van der Waals surface area contributed by atoms with Crippen molar-refractivity contribution in [1.82, 2.24) is 5.32 Å². The van der Waals surface area contributed by atoms with Gasteiger partial charge in [-0.1, -0.05) is 19.8 Å². The molecule has 0 radical (unpaired) electrons. The van der Waals surface area contributed by atoms with Crippen LogP contribution in [0.3, 0.4) is 0 Å². The highest BCUT2D eigenvalue weighted by atomic mass is 16.3. The summed E-state index contributed by atoms with van der Waals surface area (Å²) >= 11 is 0. The molecule has 0 saturated heterocycles. The summed E-state index contributed by atoms with van der Waals surface area (Å²) in [5, 5.41) is 12.8. The Kier molecular flexibility index (Phi) is 3.87. The Hall–Kier alpha value is -0.0800. The molecular formula is C9H19NO. The highest BCUT2D eigenvalue weighted by Crippen LogP contribution is 2.27. The molecule has 0 bridgehead atoms. The lowest BCUT2D eigenvalue weighted by molar-refractivity contribution is 0.110. The smallest absolute Gasteiger partial charge is 0.0692 e. The minimum atomic E-state index is -0.0996. The van der Waals surface area contributed by atoms with Gasteiger partial charge in [-0.05, 0) is 25.3 Å². The zero-order valence-electron chi connectivity index (χ0n) is 7.34. The standard InChI is InChI=1S/C9H19NO/c1-2-10-7-9(11)8-5-3-4-6-8/h8-11H,2-7H2,1H3. The quantitative estimate of drug-likeness (QED) is 0.641. The van der Waals surface area contributed by atoms with E-state index in [4.69, 9.17) is 0 Å². The lowest BCUT2D eigenvalue weighted by atomic mass is 10.0. The molecule has 1 aliphatic rings. The van der Waals surface area contributed by atoms with Crippen molar-refractivity contribution in [3.05, 3.63) is 0 Å². The van der Waals surface area contributed by atoms with Crippen LogP contribution in [0.4, 0.5) is 0 Å². The summed E-state index contributed by atoms with van der Waals surface area (Å²) in [5.41, 5.74) is 0. The predicted molar refractivity (Wildman–Crippen MR) is 46.5 cm³/mol. The molecule has 1 aliphatic carbocycles. The van der Waals surface area contributed by atoms with Crippen LogP contribution in [0.25, 0.3) is 0 Å². The zero-order chi connectivity index (χ0) is 8.10. The Morgan fingerprint density at radius 3 is 2.64 bits per heavy atom. The van der Waals surface area contributed by atoms with Crippen molar-refractivity contribution >= 4 is 0 Å². The van der Waals surface area contributed by atoms with Gasteiger partial charge in [0.05, 0.1) is 6.10 Å². The molecule has 1 fully saturated rings. The maximum atomic E-state index is 9.62. The van der Waals surface area contributed by atoms with E-state index in [0.717, 1.165) is 13.1 Å². The minimum Gasteiger partial charge on any atom is -0.392 e. The summed E-state index contributed by atoms with van der Waals surface area (Å²) in [6.07, 6.45) is 4.98. The Labute approximate surface area is 69.0 Å². The second-order valence-corrected chi connectivity index (χ2v) is 3.42. The zero-order valence-corrected chi connectivity index (χ0v) is 7.34. The van der Waals surface area contributed by atoms with Crippen molar-refractivity contribution in [2.75, 3.05) is 13.1 Å². The van der Waals surface area contributed by atoms with Gasteiger partial charge >= 0.3 is 0 Å². The second-order valence-electron chi connectivity index (χ2n) is 3.42.